The van der Waals surface area contributed by atoms with E-state index in [4.69, 9.17) is 5.73 Å². The SMILES string of the molecule is Nc1ccc(N2CCCc3ccccc32)c2cccnc12. The summed E-state index contributed by atoms with van der Waals surface area (Å²) in [5, 5.41) is 1.12. The molecule has 1 aliphatic heterocycles. The van der Waals surface area contributed by atoms with Gasteiger partial charge in [0.1, 0.15) is 0 Å². The molecule has 0 amide bonds. The molecule has 0 saturated carbocycles. The molecule has 2 N–H and O–H groups in total. The highest BCUT2D eigenvalue weighted by Gasteiger charge is 2.19. The Kier molecular flexibility index (Phi) is 2.78. The van der Waals surface area contributed by atoms with Gasteiger partial charge in [-0.05, 0) is 48.7 Å². The van der Waals surface area contributed by atoms with Gasteiger partial charge in [-0.25, -0.2) is 0 Å². The predicted molar refractivity (Wildman–Crippen MR) is 87.9 cm³/mol. The van der Waals surface area contributed by atoms with E-state index in [1.807, 2.05) is 12.1 Å². The summed E-state index contributed by atoms with van der Waals surface area (Å²) >= 11 is 0. The van der Waals surface area contributed by atoms with Crippen LogP contribution in [-0.4, -0.2) is 11.5 Å². The zero-order valence-corrected chi connectivity index (χ0v) is 11.8. The van der Waals surface area contributed by atoms with Crippen molar-refractivity contribution in [2.45, 2.75) is 12.8 Å². The lowest BCUT2D eigenvalue weighted by molar-refractivity contribution is 0.768. The average Bonchev–Trinajstić information content (AvgIpc) is 2.55. The molecule has 3 nitrogen and oxygen atoms in total. The van der Waals surface area contributed by atoms with Crippen LogP contribution >= 0.6 is 0 Å². The Morgan fingerprint density at radius 2 is 1.86 bits per heavy atom. The van der Waals surface area contributed by atoms with Gasteiger partial charge in [-0.15, -0.1) is 0 Å². The van der Waals surface area contributed by atoms with E-state index >= 15 is 0 Å². The predicted octanol–water partition coefficient (Wildman–Crippen LogP) is 3.90. The minimum absolute atomic E-state index is 0.736. The summed E-state index contributed by atoms with van der Waals surface area (Å²) in [5.74, 6) is 0. The van der Waals surface area contributed by atoms with E-state index in [1.165, 1.54) is 23.4 Å². The van der Waals surface area contributed by atoms with E-state index in [0.29, 0.717) is 0 Å². The molecule has 0 aliphatic carbocycles. The number of hydrogen-bond acceptors (Lipinski definition) is 3. The quantitative estimate of drug-likeness (QED) is 0.685. The Morgan fingerprint density at radius 1 is 0.952 bits per heavy atom. The number of benzene rings is 2. The van der Waals surface area contributed by atoms with Crippen molar-refractivity contribution in [3.8, 4) is 0 Å². The highest BCUT2D eigenvalue weighted by atomic mass is 15.1. The van der Waals surface area contributed by atoms with E-state index in [-0.39, 0.29) is 0 Å². The summed E-state index contributed by atoms with van der Waals surface area (Å²) in [6.07, 6.45) is 4.12. The molecule has 0 atom stereocenters. The van der Waals surface area contributed by atoms with Crippen molar-refractivity contribution >= 4 is 28.0 Å². The molecule has 1 aromatic heterocycles. The molecule has 0 saturated heterocycles. The maximum absolute atomic E-state index is 6.07. The Hall–Kier alpha value is -2.55. The van der Waals surface area contributed by atoms with Crippen molar-refractivity contribution in [1.29, 1.82) is 0 Å². The first-order valence-electron chi connectivity index (χ1n) is 7.33. The third-order valence-corrected chi connectivity index (χ3v) is 4.18. The summed E-state index contributed by atoms with van der Waals surface area (Å²) in [6, 6.07) is 16.8. The van der Waals surface area contributed by atoms with Crippen LogP contribution in [0.25, 0.3) is 10.9 Å². The molecule has 2 heterocycles. The van der Waals surface area contributed by atoms with Gasteiger partial charge in [-0.3, -0.25) is 4.98 Å². The van der Waals surface area contributed by atoms with Gasteiger partial charge in [0.15, 0.2) is 0 Å². The fraction of sp³-hybridized carbons (Fsp3) is 0.167. The molecule has 0 spiro atoms. The zero-order valence-electron chi connectivity index (χ0n) is 11.8. The van der Waals surface area contributed by atoms with E-state index < -0.39 is 0 Å². The van der Waals surface area contributed by atoms with Crippen molar-refractivity contribution in [2.24, 2.45) is 0 Å². The lowest BCUT2D eigenvalue weighted by Crippen LogP contribution is -2.24. The van der Waals surface area contributed by atoms with Crippen LogP contribution < -0.4 is 10.6 Å². The summed E-state index contributed by atoms with van der Waals surface area (Å²) in [4.78, 5) is 6.83. The lowest BCUT2D eigenvalue weighted by Gasteiger charge is -2.32. The number of rotatable bonds is 1. The molecule has 0 fully saturated rings. The Balaban J connectivity index is 1.94. The second-order valence-corrected chi connectivity index (χ2v) is 5.46. The number of nitrogen functional groups attached to an aromatic ring is 1. The fourth-order valence-electron chi connectivity index (χ4n) is 3.20. The molecule has 21 heavy (non-hydrogen) atoms. The molecular formula is C18H17N3. The topological polar surface area (TPSA) is 42.1 Å². The molecule has 0 bridgehead atoms. The van der Waals surface area contributed by atoms with Gasteiger partial charge in [0, 0.05) is 23.8 Å². The monoisotopic (exact) mass is 275 g/mol. The number of aryl methyl sites for hydroxylation is 1. The third kappa shape index (κ3) is 1.93. The number of hydrogen-bond donors (Lipinski definition) is 1. The van der Waals surface area contributed by atoms with Crippen LogP contribution in [0.2, 0.25) is 0 Å². The third-order valence-electron chi connectivity index (χ3n) is 4.18. The summed E-state index contributed by atoms with van der Waals surface area (Å²) in [7, 11) is 0. The van der Waals surface area contributed by atoms with Gasteiger partial charge in [0.05, 0.1) is 16.9 Å². The molecule has 1 aliphatic rings. The van der Waals surface area contributed by atoms with Crippen LogP contribution in [-0.2, 0) is 6.42 Å². The largest absolute Gasteiger partial charge is 0.397 e. The molecule has 3 aromatic rings. The highest BCUT2D eigenvalue weighted by molar-refractivity contribution is 6.00. The highest BCUT2D eigenvalue weighted by Crippen LogP contribution is 2.37. The van der Waals surface area contributed by atoms with Crippen LogP contribution in [0.15, 0.2) is 54.7 Å². The zero-order chi connectivity index (χ0) is 14.2. The van der Waals surface area contributed by atoms with Crippen LogP contribution in [0.1, 0.15) is 12.0 Å². The molecule has 104 valence electrons. The Bertz CT molecular complexity index is 810. The second-order valence-electron chi connectivity index (χ2n) is 5.46. The van der Waals surface area contributed by atoms with Crippen molar-refractivity contribution in [3.05, 3.63) is 60.3 Å². The standard InChI is InChI=1S/C18H17N3/c19-15-9-10-17(14-7-3-11-20-18(14)15)21-12-4-6-13-5-1-2-8-16(13)21/h1-3,5,7-11H,4,6,12,19H2. The van der Waals surface area contributed by atoms with Crippen LogP contribution in [0.4, 0.5) is 17.1 Å². The van der Waals surface area contributed by atoms with Crippen molar-refractivity contribution in [1.82, 2.24) is 4.98 Å². The maximum atomic E-state index is 6.07. The van der Waals surface area contributed by atoms with E-state index in [9.17, 15) is 0 Å². The van der Waals surface area contributed by atoms with Crippen molar-refractivity contribution in [2.75, 3.05) is 17.2 Å². The second kappa shape index (κ2) is 4.77. The fourth-order valence-corrected chi connectivity index (χ4v) is 3.20. The number of para-hydroxylation sites is 1. The van der Waals surface area contributed by atoms with E-state index in [2.05, 4.69) is 46.3 Å². The summed E-state index contributed by atoms with van der Waals surface area (Å²) in [5.41, 5.74) is 11.6. The van der Waals surface area contributed by atoms with Gasteiger partial charge >= 0.3 is 0 Å². The first-order valence-corrected chi connectivity index (χ1v) is 7.33. The minimum Gasteiger partial charge on any atom is -0.397 e. The number of nitrogens with zero attached hydrogens (tertiary/aromatic N) is 2. The Morgan fingerprint density at radius 3 is 2.81 bits per heavy atom. The summed E-state index contributed by atoms with van der Waals surface area (Å²) in [6.45, 7) is 1.03. The number of anilines is 3. The number of fused-ring (bicyclic) bond motifs is 2. The average molecular weight is 275 g/mol. The van der Waals surface area contributed by atoms with Gasteiger partial charge < -0.3 is 10.6 Å². The molecule has 0 radical (unpaired) electrons. The van der Waals surface area contributed by atoms with Crippen LogP contribution in [0.5, 0.6) is 0 Å². The lowest BCUT2D eigenvalue weighted by atomic mass is 10.00. The van der Waals surface area contributed by atoms with Crippen LogP contribution in [0, 0.1) is 0 Å². The smallest absolute Gasteiger partial charge is 0.0952 e. The van der Waals surface area contributed by atoms with Gasteiger partial charge in [-0.2, -0.15) is 0 Å². The van der Waals surface area contributed by atoms with Crippen LogP contribution in [0.3, 0.4) is 0 Å². The molecule has 0 unspecified atom stereocenters. The number of aromatic nitrogens is 1. The molecular weight excluding hydrogens is 258 g/mol. The van der Waals surface area contributed by atoms with E-state index in [1.54, 1.807) is 6.20 Å². The Labute approximate surface area is 124 Å². The first-order chi connectivity index (χ1) is 10.3. The van der Waals surface area contributed by atoms with E-state index in [0.717, 1.165) is 29.6 Å². The summed E-state index contributed by atoms with van der Waals surface area (Å²) < 4.78 is 0. The number of pyridine rings is 1. The normalized spacial score (nSPS) is 14.2. The van der Waals surface area contributed by atoms with Crippen molar-refractivity contribution in [3.63, 3.8) is 0 Å². The molecule has 4 rings (SSSR count). The number of nitrogens with two attached hydrogens (primary N) is 1. The van der Waals surface area contributed by atoms with Crippen molar-refractivity contribution < 1.29 is 0 Å². The maximum Gasteiger partial charge on any atom is 0.0952 e. The first kappa shape index (κ1) is 12.2. The van der Waals surface area contributed by atoms with Gasteiger partial charge in [-0.1, -0.05) is 18.2 Å². The molecule has 3 heteroatoms. The minimum atomic E-state index is 0.736. The molecule has 2 aromatic carbocycles. The van der Waals surface area contributed by atoms with Gasteiger partial charge in [0.2, 0.25) is 0 Å². The van der Waals surface area contributed by atoms with Gasteiger partial charge in [0.25, 0.3) is 0 Å².